The lowest BCUT2D eigenvalue weighted by Gasteiger charge is -2.07. The van der Waals surface area contributed by atoms with Gasteiger partial charge in [0, 0.05) is 4.70 Å². The molecule has 2 N–H and O–H groups in total. The quantitative estimate of drug-likeness (QED) is 0.739. The minimum Gasteiger partial charge on any atom is -0.398 e. The molecule has 0 amide bonds. The summed E-state index contributed by atoms with van der Waals surface area (Å²) in [7, 11) is 0. The van der Waals surface area contributed by atoms with Gasteiger partial charge < -0.3 is 5.73 Å². The number of fused-ring (bicyclic) bond motifs is 1. The van der Waals surface area contributed by atoms with E-state index >= 15 is 0 Å². The van der Waals surface area contributed by atoms with E-state index in [4.69, 9.17) is 17.3 Å². The van der Waals surface area contributed by atoms with E-state index < -0.39 is 0 Å². The highest BCUT2D eigenvalue weighted by Crippen LogP contribution is 2.20. The Morgan fingerprint density at radius 1 is 1.14 bits per heavy atom. The Hall–Kier alpha value is -2.11. The van der Waals surface area contributed by atoms with E-state index in [0.717, 1.165) is 16.9 Å². The van der Waals surface area contributed by atoms with Gasteiger partial charge in [0.1, 0.15) is 0 Å². The van der Waals surface area contributed by atoms with Crippen molar-refractivity contribution in [1.82, 2.24) is 4.57 Å². The number of hydrogen-bond donors (Lipinski definition) is 1. The van der Waals surface area contributed by atoms with Gasteiger partial charge in [-0.1, -0.05) is 41.1 Å². The summed E-state index contributed by atoms with van der Waals surface area (Å²) in [6.07, 6.45) is 0. The van der Waals surface area contributed by atoms with Crippen molar-refractivity contribution in [3.05, 3.63) is 73.1 Å². The van der Waals surface area contributed by atoms with Crippen LogP contribution >= 0.6 is 22.9 Å². The third kappa shape index (κ3) is 2.57. The van der Waals surface area contributed by atoms with Gasteiger partial charge in [0.15, 0.2) is 0 Å². The lowest BCUT2D eigenvalue weighted by atomic mass is 10.2. The van der Waals surface area contributed by atoms with Crippen molar-refractivity contribution >= 4 is 38.7 Å². The molecule has 0 fully saturated rings. The Kier molecular flexibility index (Phi) is 3.53. The van der Waals surface area contributed by atoms with E-state index in [-0.39, 0.29) is 17.0 Å². The molecule has 1 aromatic heterocycles. The number of hydrogen-bond acceptors (Lipinski definition) is 4. The minimum absolute atomic E-state index is 0.181. The Bertz CT molecular complexity index is 946. The molecule has 0 aliphatic rings. The van der Waals surface area contributed by atoms with Gasteiger partial charge in [0.05, 0.1) is 22.6 Å². The van der Waals surface area contributed by atoms with E-state index in [0.29, 0.717) is 20.8 Å². The first-order chi connectivity index (χ1) is 10.1. The SMILES string of the molecule is Nc1cc(Cn2c(=O)sc3ccccc3c2=O)ccc1Cl. The monoisotopic (exact) mass is 318 g/mol. The molecule has 21 heavy (non-hydrogen) atoms. The molecule has 1 heterocycles. The highest BCUT2D eigenvalue weighted by molar-refractivity contribution is 7.16. The average Bonchev–Trinajstić information content (AvgIpc) is 2.47. The van der Waals surface area contributed by atoms with Gasteiger partial charge in [-0.2, -0.15) is 0 Å². The molecule has 3 rings (SSSR count). The van der Waals surface area contributed by atoms with Gasteiger partial charge in [0.25, 0.3) is 5.56 Å². The summed E-state index contributed by atoms with van der Waals surface area (Å²) in [5.41, 5.74) is 6.65. The maximum absolute atomic E-state index is 12.4. The molecule has 0 saturated heterocycles. The molecular formula is C15H11ClN2O2S. The molecule has 0 unspecified atom stereocenters. The van der Waals surface area contributed by atoms with Gasteiger partial charge >= 0.3 is 4.87 Å². The Balaban J connectivity index is 2.14. The summed E-state index contributed by atoms with van der Waals surface area (Å²) in [4.78, 5) is 24.3. The largest absolute Gasteiger partial charge is 0.398 e. The van der Waals surface area contributed by atoms with E-state index in [1.54, 1.807) is 36.4 Å². The lowest BCUT2D eigenvalue weighted by molar-refractivity contribution is 0.753. The number of benzene rings is 2. The van der Waals surface area contributed by atoms with Crippen LogP contribution in [-0.4, -0.2) is 4.57 Å². The van der Waals surface area contributed by atoms with Crippen LogP contribution in [0.4, 0.5) is 5.69 Å². The van der Waals surface area contributed by atoms with Crippen LogP contribution in [0.15, 0.2) is 52.1 Å². The molecule has 106 valence electrons. The smallest absolute Gasteiger partial charge is 0.310 e. The van der Waals surface area contributed by atoms with Crippen LogP contribution in [0.1, 0.15) is 5.56 Å². The molecule has 0 saturated carbocycles. The predicted octanol–water partition coefficient (Wildman–Crippen LogP) is 2.71. The van der Waals surface area contributed by atoms with Gasteiger partial charge in [-0.05, 0) is 29.8 Å². The molecule has 0 aliphatic heterocycles. The van der Waals surface area contributed by atoms with Crippen LogP contribution in [-0.2, 0) is 6.54 Å². The van der Waals surface area contributed by atoms with Crippen molar-refractivity contribution in [2.45, 2.75) is 6.54 Å². The van der Waals surface area contributed by atoms with Gasteiger partial charge in [-0.25, -0.2) is 0 Å². The van der Waals surface area contributed by atoms with Gasteiger partial charge in [0.2, 0.25) is 0 Å². The zero-order valence-electron chi connectivity index (χ0n) is 10.9. The molecule has 2 aromatic carbocycles. The van der Waals surface area contributed by atoms with Crippen molar-refractivity contribution < 1.29 is 0 Å². The minimum atomic E-state index is -0.289. The first-order valence-corrected chi connectivity index (χ1v) is 7.42. The van der Waals surface area contributed by atoms with Crippen molar-refractivity contribution in [2.24, 2.45) is 0 Å². The first-order valence-electron chi connectivity index (χ1n) is 6.23. The van der Waals surface area contributed by atoms with E-state index in [2.05, 4.69) is 0 Å². The van der Waals surface area contributed by atoms with Crippen LogP contribution in [0.3, 0.4) is 0 Å². The molecule has 6 heteroatoms. The maximum Gasteiger partial charge on any atom is 0.310 e. The number of rotatable bonds is 2. The highest BCUT2D eigenvalue weighted by Gasteiger charge is 2.09. The van der Waals surface area contributed by atoms with Crippen molar-refractivity contribution in [3.63, 3.8) is 0 Å². The second kappa shape index (κ2) is 5.35. The molecule has 0 radical (unpaired) electrons. The zero-order valence-corrected chi connectivity index (χ0v) is 12.4. The van der Waals surface area contributed by atoms with Crippen LogP contribution in [0.2, 0.25) is 5.02 Å². The summed E-state index contributed by atoms with van der Waals surface area (Å²) >= 11 is 6.93. The topological polar surface area (TPSA) is 65.1 Å². The van der Waals surface area contributed by atoms with Crippen LogP contribution in [0.5, 0.6) is 0 Å². The lowest BCUT2D eigenvalue weighted by Crippen LogP contribution is -2.31. The number of aromatic nitrogens is 1. The normalized spacial score (nSPS) is 10.9. The second-order valence-corrected chi connectivity index (χ2v) is 6.01. The predicted molar refractivity (Wildman–Crippen MR) is 87.3 cm³/mol. The van der Waals surface area contributed by atoms with E-state index in [9.17, 15) is 9.59 Å². The molecule has 0 aliphatic carbocycles. The molecule has 3 aromatic rings. The summed E-state index contributed by atoms with van der Waals surface area (Å²) in [6.45, 7) is 0.181. The summed E-state index contributed by atoms with van der Waals surface area (Å²) in [5.74, 6) is 0. The van der Waals surface area contributed by atoms with Crippen LogP contribution in [0, 0.1) is 0 Å². The zero-order chi connectivity index (χ0) is 15.0. The third-order valence-electron chi connectivity index (χ3n) is 3.18. The summed E-state index contributed by atoms with van der Waals surface area (Å²) in [6, 6.07) is 12.2. The fraction of sp³-hybridized carbons (Fsp3) is 0.0667. The second-order valence-electron chi connectivity index (χ2n) is 4.61. The summed E-state index contributed by atoms with van der Waals surface area (Å²) < 4.78 is 1.91. The fourth-order valence-corrected chi connectivity index (χ4v) is 3.10. The third-order valence-corrected chi connectivity index (χ3v) is 4.50. The number of nitrogens with two attached hydrogens (primary N) is 1. The Morgan fingerprint density at radius 3 is 2.67 bits per heavy atom. The molecule has 4 nitrogen and oxygen atoms in total. The molecular weight excluding hydrogens is 308 g/mol. The van der Waals surface area contributed by atoms with Crippen LogP contribution in [0.25, 0.3) is 10.1 Å². The standard InChI is InChI=1S/C15H11ClN2O2S/c16-11-6-5-9(7-12(11)17)8-18-14(19)10-3-1-2-4-13(10)21-15(18)20/h1-7H,8,17H2. The Morgan fingerprint density at radius 2 is 1.90 bits per heavy atom. The molecule has 0 atom stereocenters. The van der Waals surface area contributed by atoms with Gasteiger partial charge in [-0.3, -0.25) is 14.2 Å². The molecule has 0 bridgehead atoms. The van der Waals surface area contributed by atoms with E-state index in [1.165, 1.54) is 4.57 Å². The number of halogens is 1. The maximum atomic E-state index is 12.4. The number of anilines is 1. The fourth-order valence-electron chi connectivity index (χ4n) is 2.12. The number of nitrogen functional groups attached to an aromatic ring is 1. The highest BCUT2D eigenvalue weighted by atomic mass is 35.5. The molecule has 0 spiro atoms. The van der Waals surface area contributed by atoms with E-state index in [1.807, 2.05) is 6.07 Å². The van der Waals surface area contributed by atoms with Crippen molar-refractivity contribution in [2.75, 3.05) is 5.73 Å². The average molecular weight is 319 g/mol. The number of nitrogens with zero attached hydrogens (tertiary/aromatic N) is 1. The van der Waals surface area contributed by atoms with Crippen molar-refractivity contribution in [1.29, 1.82) is 0 Å². The van der Waals surface area contributed by atoms with Crippen molar-refractivity contribution in [3.8, 4) is 0 Å². The van der Waals surface area contributed by atoms with Gasteiger partial charge in [-0.15, -0.1) is 0 Å². The van der Waals surface area contributed by atoms with Crippen LogP contribution < -0.4 is 16.2 Å². The Labute approximate surface area is 129 Å². The first kappa shape index (κ1) is 13.9. The summed E-state index contributed by atoms with van der Waals surface area (Å²) in [5, 5.41) is 0.999.